The zero-order valence-electron chi connectivity index (χ0n) is 11.9. The molecule has 0 spiro atoms. The van der Waals surface area contributed by atoms with E-state index < -0.39 is 0 Å². The van der Waals surface area contributed by atoms with E-state index in [0.29, 0.717) is 0 Å². The van der Waals surface area contributed by atoms with E-state index in [9.17, 15) is 4.79 Å². The highest BCUT2D eigenvalue weighted by Gasteiger charge is 2.21. The number of aromatic nitrogens is 4. The Balaban J connectivity index is 1.72. The Morgan fingerprint density at radius 3 is 2.81 bits per heavy atom. The molecule has 6 nitrogen and oxygen atoms in total. The molecule has 0 bridgehead atoms. The minimum absolute atomic E-state index is 0.0793. The first-order chi connectivity index (χ1) is 10.0. The number of amides is 1. The summed E-state index contributed by atoms with van der Waals surface area (Å²) in [7, 11) is 1.64. The van der Waals surface area contributed by atoms with Crippen LogP contribution in [0.2, 0.25) is 5.28 Å². The van der Waals surface area contributed by atoms with Crippen LogP contribution in [-0.4, -0.2) is 25.7 Å². The second-order valence-corrected chi connectivity index (χ2v) is 6.61. The lowest BCUT2D eigenvalue weighted by Crippen LogP contribution is -2.27. The van der Waals surface area contributed by atoms with Crippen LogP contribution < -0.4 is 5.32 Å². The van der Waals surface area contributed by atoms with Crippen molar-refractivity contribution in [2.24, 2.45) is 7.05 Å². The molecule has 0 aromatic carbocycles. The maximum absolute atomic E-state index is 12.1. The van der Waals surface area contributed by atoms with Crippen molar-refractivity contribution in [3.8, 4) is 0 Å². The third kappa shape index (κ3) is 2.94. The molecule has 21 heavy (non-hydrogen) atoms. The SMILES string of the molecule is CC(NC(=O)c1nc(Cl)n(C)n1)c1nc2c(s1)CCCC2. The van der Waals surface area contributed by atoms with Crippen LogP contribution in [-0.2, 0) is 19.9 Å². The Morgan fingerprint density at radius 1 is 1.38 bits per heavy atom. The van der Waals surface area contributed by atoms with E-state index in [1.54, 1.807) is 18.4 Å². The summed E-state index contributed by atoms with van der Waals surface area (Å²) in [5.41, 5.74) is 1.20. The smallest absolute Gasteiger partial charge is 0.291 e. The van der Waals surface area contributed by atoms with Gasteiger partial charge in [-0.25, -0.2) is 9.67 Å². The van der Waals surface area contributed by atoms with Gasteiger partial charge in [-0.05, 0) is 44.2 Å². The van der Waals surface area contributed by atoms with Crippen molar-refractivity contribution in [1.29, 1.82) is 0 Å². The lowest BCUT2D eigenvalue weighted by Gasteiger charge is -2.09. The molecule has 1 aliphatic rings. The first-order valence-electron chi connectivity index (χ1n) is 6.90. The van der Waals surface area contributed by atoms with E-state index in [0.717, 1.165) is 17.8 Å². The second-order valence-electron chi connectivity index (χ2n) is 5.15. The predicted octanol–water partition coefficient (Wildman–Crippen LogP) is 2.29. The zero-order valence-corrected chi connectivity index (χ0v) is 13.5. The van der Waals surface area contributed by atoms with Crippen molar-refractivity contribution in [3.05, 3.63) is 26.7 Å². The van der Waals surface area contributed by atoms with Crippen LogP contribution in [0.25, 0.3) is 0 Å². The van der Waals surface area contributed by atoms with Crippen molar-refractivity contribution in [3.63, 3.8) is 0 Å². The normalized spacial score (nSPS) is 15.6. The van der Waals surface area contributed by atoms with E-state index in [4.69, 9.17) is 11.6 Å². The molecule has 2 heterocycles. The third-order valence-electron chi connectivity index (χ3n) is 3.49. The Morgan fingerprint density at radius 2 is 2.14 bits per heavy atom. The van der Waals surface area contributed by atoms with Gasteiger partial charge in [-0.3, -0.25) is 4.79 Å². The summed E-state index contributed by atoms with van der Waals surface area (Å²) in [6.07, 6.45) is 4.58. The first kappa shape index (κ1) is 14.5. The molecule has 0 fully saturated rings. The van der Waals surface area contributed by atoms with Crippen molar-refractivity contribution in [2.45, 2.75) is 38.6 Å². The van der Waals surface area contributed by atoms with E-state index in [-0.39, 0.29) is 23.1 Å². The molecule has 3 rings (SSSR count). The average molecular weight is 326 g/mol. The summed E-state index contributed by atoms with van der Waals surface area (Å²) < 4.78 is 1.36. The van der Waals surface area contributed by atoms with Gasteiger partial charge in [0, 0.05) is 11.9 Å². The van der Waals surface area contributed by atoms with Gasteiger partial charge < -0.3 is 5.32 Å². The Kier molecular flexibility index (Phi) is 3.95. The van der Waals surface area contributed by atoms with Gasteiger partial charge >= 0.3 is 0 Å². The lowest BCUT2D eigenvalue weighted by atomic mass is 10.0. The van der Waals surface area contributed by atoms with Crippen LogP contribution in [0.3, 0.4) is 0 Å². The van der Waals surface area contributed by atoms with Gasteiger partial charge in [0.05, 0.1) is 11.7 Å². The van der Waals surface area contributed by atoms with Crippen molar-refractivity contribution < 1.29 is 4.79 Å². The monoisotopic (exact) mass is 325 g/mol. The van der Waals surface area contributed by atoms with Crippen LogP contribution >= 0.6 is 22.9 Å². The molecule has 0 aliphatic heterocycles. The second kappa shape index (κ2) is 5.73. The number of carbonyl (C=O) groups excluding carboxylic acids is 1. The van der Waals surface area contributed by atoms with E-state index in [1.807, 2.05) is 6.92 Å². The molecule has 0 saturated heterocycles. The maximum Gasteiger partial charge on any atom is 0.291 e. The number of nitrogens with zero attached hydrogens (tertiary/aromatic N) is 4. The number of fused-ring (bicyclic) bond motifs is 1. The number of carbonyl (C=O) groups is 1. The average Bonchev–Trinajstić information content (AvgIpc) is 3.03. The van der Waals surface area contributed by atoms with Crippen LogP contribution in [0.4, 0.5) is 0 Å². The highest BCUT2D eigenvalue weighted by molar-refractivity contribution is 7.11. The van der Waals surface area contributed by atoms with Gasteiger partial charge in [0.15, 0.2) is 0 Å². The molecule has 8 heteroatoms. The number of hydrogen-bond donors (Lipinski definition) is 1. The standard InChI is InChI=1S/C13H16ClN5OS/c1-7(12-16-8-5-3-4-6-9(8)21-12)15-11(20)10-17-13(14)19(2)18-10/h7H,3-6H2,1-2H3,(H,15,20). The molecule has 1 atom stereocenters. The van der Waals surface area contributed by atoms with Gasteiger partial charge in [0.2, 0.25) is 11.1 Å². The Hall–Kier alpha value is -1.47. The number of nitrogens with one attached hydrogen (secondary N) is 1. The van der Waals surface area contributed by atoms with Gasteiger partial charge in [0.25, 0.3) is 5.91 Å². The van der Waals surface area contributed by atoms with E-state index in [1.165, 1.54) is 28.1 Å². The summed E-state index contributed by atoms with van der Waals surface area (Å²) >= 11 is 7.49. The molecule has 0 radical (unpaired) electrons. The highest BCUT2D eigenvalue weighted by atomic mass is 35.5. The number of thiazole rings is 1. The fourth-order valence-corrected chi connectivity index (χ4v) is 3.62. The van der Waals surface area contributed by atoms with Crippen LogP contribution in [0.15, 0.2) is 0 Å². The molecular weight excluding hydrogens is 310 g/mol. The number of rotatable bonds is 3. The van der Waals surface area contributed by atoms with Crippen LogP contribution in [0.5, 0.6) is 0 Å². The van der Waals surface area contributed by atoms with E-state index in [2.05, 4.69) is 20.4 Å². The fourth-order valence-electron chi connectivity index (χ4n) is 2.34. The zero-order chi connectivity index (χ0) is 15.0. The van der Waals surface area contributed by atoms with Crippen molar-refractivity contribution in [2.75, 3.05) is 0 Å². The molecule has 1 N–H and O–H groups in total. The van der Waals surface area contributed by atoms with Gasteiger partial charge in [-0.2, -0.15) is 4.98 Å². The minimum Gasteiger partial charge on any atom is -0.340 e. The van der Waals surface area contributed by atoms with Crippen molar-refractivity contribution >= 4 is 28.8 Å². The molecule has 0 saturated carbocycles. The van der Waals surface area contributed by atoms with Crippen LogP contribution in [0, 0.1) is 0 Å². The number of halogens is 1. The minimum atomic E-state index is -0.335. The summed E-state index contributed by atoms with van der Waals surface area (Å²) in [5.74, 6) is -0.256. The van der Waals surface area contributed by atoms with Crippen molar-refractivity contribution in [1.82, 2.24) is 25.1 Å². The molecule has 2 aromatic rings. The summed E-state index contributed by atoms with van der Waals surface area (Å²) in [5, 5.41) is 7.97. The van der Waals surface area contributed by atoms with Gasteiger partial charge in [-0.1, -0.05) is 0 Å². The highest BCUT2D eigenvalue weighted by Crippen LogP contribution is 2.29. The molecular formula is C13H16ClN5OS. The molecule has 1 amide bonds. The number of aryl methyl sites for hydroxylation is 3. The lowest BCUT2D eigenvalue weighted by molar-refractivity contribution is 0.0929. The molecule has 112 valence electrons. The summed E-state index contributed by atoms with van der Waals surface area (Å²) in [4.78, 5) is 22.0. The summed E-state index contributed by atoms with van der Waals surface area (Å²) in [6.45, 7) is 1.92. The molecule has 2 aromatic heterocycles. The fraction of sp³-hybridized carbons (Fsp3) is 0.538. The molecule has 1 aliphatic carbocycles. The number of hydrogen-bond acceptors (Lipinski definition) is 5. The third-order valence-corrected chi connectivity index (χ3v) is 5.16. The maximum atomic E-state index is 12.1. The predicted molar refractivity (Wildman–Crippen MR) is 80.7 cm³/mol. The quantitative estimate of drug-likeness (QED) is 0.939. The topological polar surface area (TPSA) is 72.7 Å². The Bertz CT molecular complexity index is 637. The van der Waals surface area contributed by atoms with Gasteiger partial charge in [-0.15, -0.1) is 16.4 Å². The summed E-state index contributed by atoms with van der Waals surface area (Å²) in [6, 6.07) is -0.157. The van der Waals surface area contributed by atoms with E-state index >= 15 is 0 Å². The molecule has 1 unspecified atom stereocenters. The Labute approximate surface area is 131 Å². The largest absolute Gasteiger partial charge is 0.340 e. The first-order valence-corrected chi connectivity index (χ1v) is 8.10. The van der Waals surface area contributed by atoms with Gasteiger partial charge in [0.1, 0.15) is 5.01 Å². The van der Waals surface area contributed by atoms with Crippen LogP contribution in [0.1, 0.15) is 52.0 Å².